The van der Waals surface area contributed by atoms with Crippen molar-refractivity contribution in [3.05, 3.63) is 114 Å². The second kappa shape index (κ2) is 11.0. The molecule has 0 unspecified atom stereocenters. The first-order valence-electron chi connectivity index (χ1n) is 13.4. The molecule has 2 N–H and O–H groups in total. The number of carbonyl (C=O) groups is 1. The number of nitrogens with one attached hydrogen (secondary N) is 2. The number of fused-ring (bicyclic) bond motifs is 1. The van der Waals surface area contributed by atoms with E-state index in [1.165, 1.54) is 16.5 Å². The molecule has 0 bridgehead atoms. The largest absolute Gasteiger partial charge is 0.361 e. The van der Waals surface area contributed by atoms with Crippen LogP contribution in [0.1, 0.15) is 41.7 Å². The van der Waals surface area contributed by atoms with Crippen molar-refractivity contribution in [3.8, 4) is 5.69 Å². The van der Waals surface area contributed by atoms with E-state index in [0.717, 1.165) is 67.9 Å². The molecule has 1 fully saturated rings. The molecule has 192 valence electrons. The predicted octanol–water partition coefficient (Wildman–Crippen LogP) is 4.99. The summed E-state index contributed by atoms with van der Waals surface area (Å²) >= 11 is 0. The maximum atomic E-state index is 11.5. The average molecular weight is 505 g/mol. The van der Waals surface area contributed by atoms with Gasteiger partial charge in [-0.1, -0.05) is 66.7 Å². The molecule has 2 aromatic heterocycles. The summed E-state index contributed by atoms with van der Waals surface area (Å²) in [6, 6.07) is 29.2. The minimum absolute atomic E-state index is 0.0311. The Balaban J connectivity index is 1.43. The van der Waals surface area contributed by atoms with Crippen molar-refractivity contribution in [2.24, 2.45) is 0 Å². The van der Waals surface area contributed by atoms with Crippen LogP contribution in [0.5, 0.6) is 0 Å². The number of hydrogen-bond donors (Lipinski definition) is 2. The minimum Gasteiger partial charge on any atom is -0.361 e. The van der Waals surface area contributed by atoms with Crippen LogP contribution in [-0.2, 0) is 24.1 Å². The van der Waals surface area contributed by atoms with E-state index >= 15 is 0 Å². The Labute approximate surface area is 222 Å². The first-order valence-corrected chi connectivity index (χ1v) is 13.4. The van der Waals surface area contributed by atoms with Crippen LogP contribution in [0.2, 0.25) is 0 Å². The Morgan fingerprint density at radius 3 is 2.53 bits per heavy atom. The Kier molecular flexibility index (Phi) is 7.00. The molecule has 0 aliphatic carbocycles. The van der Waals surface area contributed by atoms with Gasteiger partial charge in [-0.25, -0.2) is 0 Å². The molecule has 6 rings (SSSR count). The third kappa shape index (κ3) is 4.85. The van der Waals surface area contributed by atoms with Gasteiger partial charge in [-0.2, -0.15) is 0 Å². The number of carbonyl (C=O) groups excluding carboxylic acids is 1. The Morgan fingerprint density at radius 1 is 0.947 bits per heavy atom. The number of benzene rings is 3. The van der Waals surface area contributed by atoms with Crippen molar-refractivity contribution in [2.75, 3.05) is 6.54 Å². The second-order valence-corrected chi connectivity index (χ2v) is 9.89. The number of nitrogens with zero attached hydrogens (tertiary/aromatic N) is 4. The highest BCUT2D eigenvalue weighted by Crippen LogP contribution is 2.34. The molecule has 2 atom stereocenters. The molecule has 1 amide bonds. The van der Waals surface area contributed by atoms with Crippen LogP contribution >= 0.6 is 0 Å². The summed E-state index contributed by atoms with van der Waals surface area (Å²) < 4.78 is 2.23. The zero-order valence-corrected chi connectivity index (χ0v) is 21.3. The number of para-hydroxylation sites is 2. The van der Waals surface area contributed by atoms with Gasteiger partial charge in [-0.05, 0) is 55.0 Å². The van der Waals surface area contributed by atoms with Crippen molar-refractivity contribution in [2.45, 2.75) is 44.3 Å². The molecular weight excluding hydrogens is 472 g/mol. The van der Waals surface area contributed by atoms with Crippen molar-refractivity contribution < 1.29 is 4.79 Å². The van der Waals surface area contributed by atoms with Crippen LogP contribution in [0.25, 0.3) is 16.6 Å². The summed E-state index contributed by atoms with van der Waals surface area (Å²) in [5, 5.41) is 13.9. The van der Waals surface area contributed by atoms with Crippen LogP contribution in [0, 0.1) is 0 Å². The third-order valence-electron chi connectivity index (χ3n) is 7.59. The number of aromatic nitrogens is 4. The standard InChI is InChI=1S/C31H32N6O/c38-22-33-29-16-9-19-36(29)28(20-24-21-32-27-15-8-7-14-26(24)27)31-35-34-30(18-17-23-10-3-1-4-11-23)37(31)25-12-5-2-6-13-25/h1-8,10-15,21-22,28-29,32H,9,16-20H2,(H,33,38)/t28-,29+/m1/s1. The molecule has 7 nitrogen and oxygen atoms in total. The fraction of sp³-hybridized carbons (Fsp3) is 0.258. The molecule has 38 heavy (non-hydrogen) atoms. The predicted molar refractivity (Wildman–Crippen MR) is 149 cm³/mol. The molecule has 0 radical (unpaired) electrons. The van der Waals surface area contributed by atoms with Crippen molar-refractivity contribution in [3.63, 3.8) is 0 Å². The lowest BCUT2D eigenvalue weighted by atomic mass is 10.0. The maximum absolute atomic E-state index is 11.5. The summed E-state index contributed by atoms with van der Waals surface area (Å²) in [6.45, 7) is 0.888. The van der Waals surface area contributed by atoms with E-state index < -0.39 is 0 Å². The summed E-state index contributed by atoms with van der Waals surface area (Å²) in [7, 11) is 0. The summed E-state index contributed by atoms with van der Waals surface area (Å²) in [5.41, 5.74) is 4.69. The lowest BCUT2D eigenvalue weighted by molar-refractivity contribution is -0.111. The van der Waals surface area contributed by atoms with Crippen LogP contribution < -0.4 is 5.32 Å². The number of H-pyrrole nitrogens is 1. The van der Waals surface area contributed by atoms with Gasteiger partial charge in [0.15, 0.2) is 5.82 Å². The highest BCUT2D eigenvalue weighted by molar-refractivity contribution is 5.83. The normalized spacial score (nSPS) is 16.6. The van der Waals surface area contributed by atoms with Crippen molar-refractivity contribution in [1.82, 2.24) is 30.0 Å². The second-order valence-electron chi connectivity index (χ2n) is 9.89. The molecule has 1 saturated heterocycles. The van der Waals surface area contributed by atoms with E-state index in [4.69, 9.17) is 10.2 Å². The molecule has 5 aromatic rings. The van der Waals surface area contributed by atoms with Gasteiger partial charge in [0.1, 0.15) is 5.82 Å². The molecule has 3 heterocycles. The highest BCUT2D eigenvalue weighted by Gasteiger charge is 2.35. The van der Waals surface area contributed by atoms with Gasteiger partial charge < -0.3 is 10.3 Å². The first-order chi connectivity index (χ1) is 18.8. The summed E-state index contributed by atoms with van der Waals surface area (Å²) in [5.74, 6) is 1.85. The van der Waals surface area contributed by atoms with E-state index in [2.05, 4.69) is 98.8 Å². The van der Waals surface area contributed by atoms with Gasteiger partial charge in [0, 0.05) is 35.8 Å². The number of hydrogen-bond acceptors (Lipinski definition) is 4. The topological polar surface area (TPSA) is 78.8 Å². The molecule has 7 heteroatoms. The van der Waals surface area contributed by atoms with Gasteiger partial charge in [0.25, 0.3) is 0 Å². The van der Waals surface area contributed by atoms with Crippen molar-refractivity contribution in [1.29, 1.82) is 0 Å². The zero-order chi connectivity index (χ0) is 25.7. The lowest BCUT2D eigenvalue weighted by Gasteiger charge is -2.32. The van der Waals surface area contributed by atoms with E-state index in [-0.39, 0.29) is 12.2 Å². The van der Waals surface area contributed by atoms with Crippen LogP contribution in [-0.4, -0.2) is 43.8 Å². The highest BCUT2D eigenvalue weighted by atomic mass is 16.1. The number of rotatable bonds is 10. The fourth-order valence-corrected chi connectivity index (χ4v) is 5.75. The van der Waals surface area contributed by atoms with Crippen molar-refractivity contribution >= 4 is 17.3 Å². The average Bonchev–Trinajstić information content (AvgIpc) is 3.71. The molecule has 1 aliphatic heterocycles. The lowest BCUT2D eigenvalue weighted by Crippen LogP contribution is -2.44. The molecule has 3 aromatic carbocycles. The van der Waals surface area contributed by atoms with Crippen LogP contribution in [0.15, 0.2) is 91.1 Å². The van der Waals surface area contributed by atoms with Gasteiger partial charge in [-0.15, -0.1) is 10.2 Å². The van der Waals surface area contributed by atoms with Crippen LogP contribution in [0.3, 0.4) is 0 Å². The van der Waals surface area contributed by atoms with Gasteiger partial charge in [0.05, 0.1) is 12.2 Å². The van der Waals surface area contributed by atoms with E-state index in [0.29, 0.717) is 0 Å². The van der Waals surface area contributed by atoms with E-state index in [1.807, 2.05) is 12.1 Å². The molecular formula is C31H32N6O. The molecule has 0 spiro atoms. The number of amides is 1. The van der Waals surface area contributed by atoms with E-state index in [9.17, 15) is 4.79 Å². The zero-order valence-electron chi connectivity index (χ0n) is 21.3. The van der Waals surface area contributed by atoms with Gasteiger partial charge in [0.2, 0.25) is 6.41 Å². The smallest absolute Gasteiger partial charge is 0.208 e. The monoisotopic (exact) mass is 504 g/mol. The Bertz CT molecular complexity index is 1490. The number of likely N-dealkylation sites (tertiary alicyclic amines) is 1. The Morgan fingerprint density at radius 2 is 1.71 bits per heavy atom. The maximum Gasteiger partial charge on any atom is 0.208 e. The molecule has 0 saturated carbocycles. The summed E-state index contributed by atoms with van der Waals surface area (Å²) in [4.78, 5) is 17.3. The minimum atomic E-state index is -0.0627. The van der Waals surface area contributed by atoms with Crippen LogP contribution in [0.4, 0.5) is 0 Å². The quantitative estimate of drug-likeness (QED) is 0.263. The SMILES string of the molecule is O=CN[C@@H]1CCCN1[C@H](Cc1c[nH]c2ccccc12)c1nnc(CCc2ccccc2)n1-c1ccccc1. The molecule has 1 aliphatic rings. The summed E-state index contributed by atoms with van der Waals surface area (Å²) in [6.07, 6.45) is 7.26. The fourth-order valence-electron chi connectivity index (χ4n) is 5.75. The first kappa shape index (κ1) is 24.1. The van der Waals surface area contributed by atoms with Gasteiger partial charge >= 0.3 is 0 Å². The number of aromatic amines is 1. The Hall–Kier alpha value is -4.23. The number of aryl methyl sites for hydroxylation is 2. The van der Waals surface area contributed by atoms with Gasteiger partial charge in [-0.3, -0.25) is 14.3 Å². The third-order valence-corrected chi connectivity index (χ3v) is 7.59. The van der Waals surface area contributed by atoms with E-state index in [1.54, 1.807) is 0 Å².